The molecule has 2 aliphatic heterocycles. The average Bonchev–Trinajstić information content (AvgIpc) is 2.85. The van der Waals surface area contributed by atoms with E-state index in [-0.39, 0.29) is 38.6 Å². The van der Waals surface area contributed by atoms with Crippen LogP contribution < -0.4 is 0 Å². The van der Waals surface area contributed by atoms with Crippen LogP contribution in [0.15, 0.2) is 0 Å². The maximum absolute atomic E-state index is 11.5. The molecule has 0 radical (unpaired) electrons. The van der Waals surface area contributed by atoms with Gasteiger partial charge < -0.3 is 9.94 Å². The van der Waals surface area contributed by atoms with E-state index in [0.717, 1.165) is 4.90 Å². The topological polar surface area (TPSA) is 121 Å². The highest BCUT2D eigenvalue weighted by Gasteiger charge is 2.37. The molecule has 0 bridgehead atoms. The lowest BCUT2D eigenvalue weighted by molar-refractivity contribution is -0.197. The van der Waals surface area contributed by atoms with E-state index in [1.165, 1.54) is 0 Å². The molecule has 2 aliphatic rings. The second-order valence-corrected chi connectivity index (χ2v) is 4.75. The van der Waals surface area contributed by atoms with Crippen LogP contribution >= 0.6 is 0 Å². The Balaban J connectivity index is 1.75. The molecule has 4 amide bonds. The van der Waals surface area contributed by atoms with Crippen LogP contribution in [0.4, 0.5) is 0 Å². The van der Waals surface area contributed by atoms with E-state index in [1.54, 1.807) is 0 Å². The van der Waals surface area contributed by atoms with Gasteiger partial charge in [-0.3, -0.25) is 24.1 Å². The molecular weight excluding hydrogens is 284 g/mol. The number of hydrogen-bond donors (Lipinski definition) is 1. The fraction of sp³-hybridized carbons (Fsp3) is 0.583. The Kier molecular flexibility index (Phi) is 4.32. The van der Waals surface area contributed by atoms with Crippen molar-refractivity contribution in [3.63, 3.8) is 0 Å². The Bertz CT molecular complexity index is 500. The van der Waals surface area contributed by atoms with Crippen molar-refractivity contribution in [1.29, 1.82) is 0 Å². The van der Waals surface area contributed by atoms with Gasteiger partial charge in [-0.05, 0) is 6.42 Å². The summed E-state index contributed by atoms with van der Waals surface area (Å²) in [4.78, 5) is 62.2. The van der Waals surface area contributed by atoms with Crippen LogP contribution in [-0.4, -0.2) is 57.3 Å². The van der Waals surface area contributed by atoms with Gasteiger partial charge in [0.05, 0.1) is 6.42 Å². The van der Waals surface area contributed by atoms with Gasteiger partial charge in [0.15, 0.2) is 0 Å². The summed E-state index contributed by atoms with van der Waals surface area (Å²) < 4.78 is 0. The molecule has 0 saturated carbocycles. The second-order valence-electron chi connectivity index (χ2n) is 4.75. The minimum atomic E-state index is -1.32. The fourth-order valence-electron chi connectivity index (χ4n) is 2.09. The second kappa shape index (κ2) is 6.00. The lowest BCUT2D eigenvalue weighted by Gasteiger charge is -2.15. The SMILES string of the molecule is O=C(CCCN1C(=O)CC(O)C1=O)ON1C(=O)CCC1=O. The lowest BCUT2D eigenvalue weighted by atomic mass is 10.3. The van der Waals surface area contributed by atoms with E-state index >= 15 is 0 Å². The molecule has 9 nitrogen and oxygen atoms in total. The van der Waals surface area contributed by atoms with Gasteiger partial charge in [0.25, 0.3) is 17.7 Å². The standard InChI is InChI=1S/C12H14N2O7/c15-7-6-10(18)13(12(7)20)5-1-2-11(19)21-14-8(16)3-4-9(14)17/h7,15H,1-6H2. The molecule has 1 unspecified atom stereocenters. The van der Waals surface area contributed by atoms with E-state index in [1.807, 2.05) is 0 Å². The maximum Gasteiger partial charge on any atom is 0.333 e. The number of hydrogen-bond acceptors (Lipinski definition) is 7. The molecule has 0 aromatic heterocycles. The van der Waals surface area contributed by atoms with E-state index in [4.69, 9.17) is 0 Å². The van der Waals surface area contributed by atoms with Gasteiger partial charge in [-0.25, -0.2) is 4.79 Å². The summed E-state index contributed by atoms with van der Waals surface area (Å²) in [6.45, 7) is -0.0221. The van der Waals surface area contributed by atoms with Crippen LogP contribution in [0.5, 0.6) is 0 Å². The Morgan fingerprint density at radius 1 is 1.14 bits per heavy atom. The number of hydroxylamine groups is 2. The van der Waals surface area contributed by atoms with Gasteiger partial charge in [-0.2, -0.15) is 0 Å². The van der Waals surface area contributed by atoms with Crippen LogP contribution in [0.3, 0.4) is 0 Å². The molecule has 0 aromatic carbocycles. The van der Waals surface area contributed by atoms with Crippen LogP contribution in [0.1, 0.15) is 32.1 Å². The molecule has 0 spiro atoms. The Morgan fingerprint density at radius 3 is 2.29 bits per heavy atom. The highest BCUT2D eigenvalue weighted by molar-refractivity contribution is 6.04. The quantitative estimate of drug-likeness (QED) is 0.612. The van der Waals surface area contributed by atoms with Gasteiger partial charge in [0.1, 0.15) is 6.10 Å². The third-order valence-electron chi connectivity index (χ3n) is 3.18. The highest BCUT2D eigenvalue weighted by Crippen LogP contribution is 2.15. The summed E-state index contributed by atoms with van der Waals surface area (Å²) in [5.74, 6) is -3.11. The fourth-order valence-corrected chi connectivity index (χ4v) is 2.09. The number of likely N-dealkylation sites (tertiary alicyclic amines) is 1. The van der Waals surface area contributed by atoms with Crippen molar-refractivity contribution in [3.05, 3.63) is 0 Å². The summed E-state index contributed by atoms with van der Waals surface area (Å²) >= 11 is 0. The summed E-state index contributed by atoms with van der Waals surface area (Å²) in [5.41, 5.74) is 0. The van der Waals surface area contributed by atoms with Crippen LogP contribution in [-0.2, 0) is 28.8 Å². The van der Waals surface area contributed by atoms with Gasteiger partial charge in [-0.15, -0.1) is 5.06 Å². The number of carbonyl (C=O) groups excluding carboxylic acids is 5. The van der Waals surface area contributed by atoms with Crippen molar-refractivity contribution in [2.24, 2.45) is 0 Å². The number of imide groups is 2. The predicted molar refractivity (Wildman–Crippen MR) is 63.8 cm³/mol. The molecule has 21 heavy (non-hydrogen) atoms. The summed E-state index contributed by atoms with van der Waals surface area (Å²) in [6.07, 6.45) is -1.57. The minimum Gasteiger partial charge on any atom is -0.383 e. The van der Waals surface area contributed by atoms with Crippen molar-refractivity contribution in [3.8, 4) is 0 Å². The molecule has 0 aromatic rings. The number of aliphatic hydroxyl groups is 1. The molecule has 2 heterocycles. The van der Waals surface area contributed by atoms with Crippen molar-refractivity contribution >= 4 is 29.6 Å². The molecule has 2 rings (SSSR count). The predicted octanol–water partition coefficient (Wildman–Crippen LogP) is -1.51. The first kappa shape index (κ1) is 15.1. The van der Waals surface area contributed by atoms with Crippen molar-refractivity contribution in [2.45, 2.75) is 38.2 Å². The van der Waals surface area contributed by atoms with Crippen molar-refractivity contribution in [2.75, 3.05) is 6.54 Å². The third kappa shape index (κ3) is 3.24. The first-order valence-corrected chi connectivity index (χ1v) is 6.49. The van der Waals surface area contributed by atoms with E-state index < -0.39 is 35.7 Å². The molecule has 9 heteroatoms. The molecule has 2 saturated heterocycles. The van der Waals surface area contributed by atoms with Gasteiger partial charge >= 0.3 is 5.97 Å². The number of amides is 4. The number of rotatable bonds is 5. The van der Waals surface area contributed by atoms with Crippen LogP contribution in [0.25, 0.3) is 0 Å². The van der Waals surface area contributed by atoms with E-state index in [9.17, 15) is 29.1 Å². The highest BCUT2D eigenvalue weighted by atomic mass is 16.7. The van der Waals surface area contributed by atoms with Crippen LogP contribution in [0, 0.1) is 0 Å². The molecule has 2 fully saturated rings. The Morgan fingerprint density at radius 2 is 1.76 bits per heavy atom. The largest absolute Gasteiger partial charge is 0.383 e. The number of nitrogens with zero attached hydrogens (tertiary/aromatic N) is 2. The zero-order valence-electron chi connectivity index (χ0n) is 11.1. The molecular formula is C12H14N2O7. The van der Waals surface area contributed by atoms with E-state index in [2.05, 4.69) is 4.84 Å². The van der Waals surface area contributed by atoms with Gasteiger partial charge in [0.2, 0.25) is 5.91 Å². The Hall–Kier alpha value is -2.29. The monoisotopic (exact) mass is 298 g/mol. The summed E-state index contributed by atoms with van der Waals surface area (Å²) in [6, 6.07) is 0. The van der Waals surface area contributed by atoms with Gasteiger partial charge in [0, 0.05) is 25.8 Å². The zero-order chi connectivity index (χ0) is 15.6. The zero-order valence-corrected chi connectivity index (χ0v) is 11.1. The number of carbonyl (C=O) groups is 5. The first-order valence-electron chi connectivity index (χ1n) is 6.49. The Labute approximate surface area is 119 Å². The maximum atomic E-state index is 11.5. The van der Waals surface area contributed by atoms with Crippen molar-refractivity contribution < 1.29 is 33.9 Å². The first-order chi connectivity index (χ1) is 9.90. The van der Waals surface area contributed by atoms with Gasteiger partial charge in [-0.1, -0.05) is 0 Å². The smallest absolute Gasteiger partial charge is 0.333 e. The summed E-state index contributed by atoms with van der Waals surface area (Å²) in [7, 11) is 0. The lowest BCUT2D eigenvalue weighted by Crippen LogP contribution is -2.34. The van der Waals surface area contributed by atoms with E-state index in [0.29, 0.717) is 5.06 Å². The average molecular weight is 298 g/mol. The minimum absolute atomic E-state index is 0.0147. The van der Waals surface area contributed by atoms with Crippen molar-refractivity contribution in [1.82, 2.24) is 9.96 Å². The molecule has 1 N–H and O–H groups in total. The number of aliphatic hydroxyl groups excluding tert-OH is 1. The molecule has 1 atom stereocenters. The molecule has 114 valence electrons. The molecule has 0 aliphatic carbocycles. The summed E-state index contributed by atoms with van der Waals surface area (Å²) in [5, 5.41) is 9.65. The third-order valence-corrected chi connectivity index (χ3v) is 3.18. The normalized spacial score (nSPS) is 22.4. The van der Waals surface area contributed by atoms with Crippen LogP contribution in [0.2, 0.25) is 0 Å².